The van der Waals surface area contributed by atoms with Gasteiger partial charge in [-0.15, -0.1) is 11.3 Å². The maximum Gasteiger partial charge on any atom is 0.233 e. The Bertz CT molecular complexity index is 539. The van der Waals surface area contributed by atoms with E-state index in [1.807, 2.05) is 49.6 Å². The lowest BCUT2D eigenvalue weighted by atomic mass is 10.2. The first-order chi connectivity index (χ1) is 9.20. The van der Waals surface area contributed by atoms with Crippen LogP contribution >= 0.6 is 23.1 Å². The Balaban J connectivity index is 2.04. The molecular weight excluding hydrogens is 276 g/mol. The molecule has 0 spiro atoms. The molecule has 2 aromatic rings. The van der Waals surface area contributed by atoms with E-state index in [1.54, 1.807) is 11.3 Å². The number of carbonyl (C=O) groups excluding carboxylic acids is 1. The van der Waals surface area contributed by atoms with Crippen molar-refractivity contribution in [3.05, 3.63) is 35.7 Å². The van der Waals surface area contributed by atoms with Crippen molar-refractivity contribution in [1.29, 1.82) is 0 Å². The van der Waals surface area contributed by atoms with Crippen molar-refractivity contribution in [2.75, 3.05) is 6.54 Å². The van der Waals surface area contributed by atoms with Gasteiger partial charge in [-0.05, 0) is 13.8 Å². The van der Waals surface area contributed by atoms with Gasteiger partial charge in [0.15, 0.2) is 4.34 Å². The van der Waals surface area contributed by atoms with Crippen LogP contribution in [0.25, 0.3) is 11.3 Å². The molecular formula is C14H16N2OS2. The van der Waals surface area contributed by atoms with Gasteiger partial charge in [0, 0.05) is 17.5 Å². The van der Waals surface area contributed by atoms with E-state index in [1.165, 1.54) is 11.8 Å². The van der Waals surface area contributed by atoms with Crippen molar-refractivity contribution in [2.45, 2.75) is 23.4 Å². The highest BCUT2D eigenvalue weighted by atomic mass is 32.2. The number of hydrogen-bond acceptors (Lipinski definition) is 4. The minimum absolute atomic E-state index is 0.0592. The Morgan fingerprint density at radius 1 is 1.42 bits per heavy atom. The molecule has 1 amide bonds. The molecule has 0 aliphatic rings. The first kappa shape index (κ1) is 14.1. The topological polar surface area (TPSA) is 42.0 Å². The molecule has 0 aliphatic carbocycles. The van der Waals surface area contributed by atoms with Crippen LogP contribution in [0.15, 0.2) is 40.1 Å². The van der Waals surface area contributed by atoms with Gasteiger partial charge in [-0.3, -0.25) is 4.79 Å². The highest BCUT2D eigenvalue weighted by Crippen LogP contribution is 2.30. The van der Waals surface area contributed by atoms with Gasteiger partial charge in [0.05, 0.1) is 10.9 Å². The molecule has 5 heteroatoms. The number of nitrogens with zero attached hydrogens (tertiary/aromatic N) is 1. The normalized spacial score (nSPS) is 12.1. The van der Waals surface area contributed by atoms with Crippen LogP contribution in [0.4, 0.5) is 0 Å². The average molecular weight is 292 g/mol. The predicted octanol–water partition coefficient (Wildman–Crippen LogP) is 3.43. The van der Waals surface area contributed by atoms with Gasteiger partial charge in [-0.1, -0.05) is 42.1 Å². The number of carbonyl (C=O) groups is 1. The number of hydrogen-bond donors (Lipinski definition) is 1. The zero-order valence-corrected chi connectivity index (χ0v) is 12.6. The molecule has 1 atom stereocenters. The van der Waals surface area contributed by atoms with E-state index in [9.17, 15) is 4.79 Å². The second-order valence-corrected chi connectivity index (χ2v) is 6.47. The summed E-state index contributed by atoms with van der Waals surface area (Å²) in [6, 6.07) is 10.1. The molecule has 0 radical (unpaired) electrons. The number of thioether (sulfide) groups is 1. The maximum atomic E-state index is 11.7. The number of thiazole rings is 1. The fourth-order valence-electron chi connectivity index (χ4n) is 1.58. The molecule has 0 unspecified atom stereocenters. The molecule has 1 heterocycles. The standard InChI is InChI=1S/C14H16N2OS2/c1-3-15-13(17)10(2)19-14-16-12(9-18-14)11-7-5-4-6-8-11/h4-10H,3H2,1-2H3,(H,15,17)/t10-/m1/s1. The molecule has 1 aromatic carbocycles. The number of amides is 1. The first-order valence-corrected chi connectivity index (χ1v) is 7.92. The minimum Gasteiger partial charge on any atom is -0.355 e. The third-order valence-corrected chi connectivity index (χ3v) is 4.62. The van der Waals surface area contributed by atoms with Crippen molar-refractivity contribution >= 4 is 29.0 Å². The van der Waals surface area contributed by atoms with Crippen LogP contribution < -0.4 is 5.32 Å². The van der Waals surface area contributed by atoms with Gasteiger partial charge in [0.1, 0.15) is 0 Å². The summed E-state index contributed by atoms with van der Waals surface area (Å²) in [5.74, 6) is 0.0592. The average Bonchev–Trinajstić information content (AvgIpc) is 2.88. The van der Waals surface area contributed by atoms with E-state index in [2.05, 4.69) is 10.3 Å². The molecule has 3 nitrogen and oxygen atoms in total. The van der Waals surface area contributed by atoms with Crippen LogP contribution in [0.2, 0.25) is 0 Å². The summed E-state index contributed by atoms with van der Waals surface area (Å²) in [5.41, 5.74) is 2.08. The molecule has 0 bridgehead atoms. The first-order valence-electron chi connectivity index (χ1n) is 6.16. The zero-order valence-electron chi connectivity index (χ0n) is 10.9. The van der Waals surface area contributed by atoms with Gasteiger partial charge < -0.3 is 5.32 Å². The van der Waals surface area contributed by atoms with Crippen LogP contribution in [0, 0.1) is 0 Å². The number of benzene rings is 1. The molecule has 0 fully saturated rings. The summed E-state index contributed by atoms with van der Waals surface area (Å²) in [4.78, 5) is 16.2. The molecule has 0 saturated carbocycles. The molecule has 100 valence electrons. The summed E-state index contributed by atoms with van der Waals surface area (Å²) in [7, 11) is 0. The van der Waals surface area contributed by atoms with Crippen LogP contribution in [0.3, 0.4) is 0 Å². The molecule has 2 rings (SSSR count). The van der Waals surface area contributed by atoms with E-state index >= 15 is 0 Å². The molecule has 0 aliphatic heterocycles. The van der Waals surface area contributed by atoms with Crippen LogP contribution in [-0.4, -0.2) is 22.7 Å². The fraction of sp³-hybridized carbons (Fsp3) is 0.286. The largest absolute Gasteiger partial charge is 0.355 e. The Labute approximate surface area is 121 Å². The second-order valence-electron chi connectivity index (χ2n) is 4.02. The highest BCUT2D eigenvalue weighted by Gasteiger charge is 2.15. The van der Waals surface area contributed by atoms with E-state index in [4.69, 9.17) is 0 Å². The molecule has 0 saturated heterocycles. The molecule has 1 aromatic heterocycles. The van der Waals surface area contributed by atoms with Crippen molar-refractivity contribution < 1.29 is 4.79 Å². The van der Waals surface area contributed by atoms with Gasteiger partial charge in [-0.25, -0.2) is 4.98 Å². The van der Waals surface area contributed by atoms with Crippen LogP contribution in [0.5, 0.6) is 0 Å². The van der Waals surface area contributed by atoms with Gasteiger partial charge in [0.2, 0.25) is 5.91 Å². The Hall–Kier alpha value is -1.33. The summed E-state index contributed by atoms with van der Waals surface area (Å²) >= 11 is 3.08. The van der Waals surface area contributed by atoms with E-state index in [0.717, 1.165) is 15.6 Å². The maximum absolute atomic E-state index is 11.7. The molecule has 19 heavy (non-hydrogen) atoms. The van der Waals surface area contributed by atoms with Crippen molar-refractivity contribution in [3.8, 4) is 11.3 Å². The van der Waals surface area contributed by atoms with E-state index in [-0.39, 0.29) is 11.2 Å². The van der Waals surface area contributed by atoms with Gasteiger partial charge >= 0.3 is 0 Å². The monoisotopic (exact) mass is 292 g/mol. The second kappa shape index (κ2) is 6.73. The summed E-state index contributed by atoms with van der Waals surface area (Å²) in [6.45, 7) is 4.49. The van der Waals surface area contributed by atoms with Crippen molar-refractivity contribution in [3.63, 3.8) is 0 Å². The van der Waals surface area contributed by atoms with Crippen LogP contribution in [-0.2, 0) is 4.79 Å². The van der Waals surface area contributed by atoms with Crippen molar-refractivity contribution in [2.24, 2.45) is 0 Å². The third kappa shape index (κ3) is 3.81. The van der Waals surface area contributed by atoms with Gasteiger partial charge in [0.25, 0.3) is 0 Å². The summed E-state index contributed by atoms with van der Waals surface area (Å²) in [6.07, 6.45) is 0. The summed E-state index contributed by atoms with van der Waals surface area (Å²) in [5, 5.41) is 4.73. The lowest BCUT2D eigenvalue weighted by Crippen LogP contribution is -2.30. The fourth-order valence-corrected chi connectivity index (χ4v) is 3.57. The quantitative estimate of drug-likeness (QED) is 0.859. The lowest BCUT2D eigenvalue weighted by molar-refractivity contribution is -0.120. The number of nitrogens with one attached hydrogen (secondary N) is 1. The smallest absolute Gasteiger partial charge is 0.233 e. The number of aromatic nitrogens is 1. The zero-order chi connectivity index (χ0) is 13.7. The Morgan fingerprint density at radius 3 is 2.84 bits per heavy atom. The summed E-state index contributed by atoms with van der Waals surface area (Å²) < 4.78 is 0.928. The Morgan fingerprint density at radius 2 is 2.16 bits per heavy atom. The predicted molar refractivity (Wildman–Crippen MR) is 81.6 cm³/mol. The van der Waals surface area contributed by atoms with Gasteiger partial charge in [-0.2, -0.15) is 0 Å². The SMILES string of the molecule is CCNC(=O)[C@@H](C)Sc1nc(-c2ccccc2)cs1. The van der Waals surface area contributed by atoms with E-state index < -0.39 is 0 Å². The lowest BCUT2D eigenvalue weighted by Gasteiger charge is -2.08. The van der Waals surface area contributed by atoms with Crippen LogP contribution in [0.1, 0.15) is 13.8 Å². The Kier molecular flexibility index (Phi) is 4.99. The number of rotatable bonds is 5. The van der Waals surface area contributed by atoms with E-state index in [0.29, 0.717) is 6.54 Å². The minimum atomic E-state index is -0.116. The highest BCUT2D eigenvalue weighted by molar-refractivity contribution is 8.02. The molecule has 1 N–H and O–H groups in total. The van der Waals surface area contributed by atoms with Crippen molar-refractivity contribution in [1.82, 2.24) is 10.3 Å². The third-order valence-electron chi connectivity index (χ3n) is 2.55.